The topological polar surface area (TPSA) is 38.1 Å². The third kappa shape index (κ3) is 1.89. The van der Waals surface area contributed by atoms with Gasteiger partial charge in [0.15, 0.2) is 5.89 Å². The fraction of sp³-hybridized carbons (Fsp3) is 0.750. The van der Waals surface area contributed by atoms with Gasteiger partial charge in [-0.3, -0.25) is 0 Å². The quantitative estimate of drug-likeness (QED) is 0.859. The average Bonchev–Trinajstić information content (AvgIpc) is 2.97. The molecule has 2 aliphatic rings. The molecule has 2 atom stereocenters. The molecule has 0 aliphatic carbocycles. The van der Waals surface area contributed by atoms with Crippen LogP contribution in [0.25, 0.3) is 0 Å². The molecule has 3 rings (SSSR count). The molecule has 1 aromatic heterocycles. The number of rotatable bonds is 2. The Hall–Kier alpha value is -0.480. The lowest BCUT2D eigenvalue weighted by Gasteiger charge is -2.04. The SMILES string of the molecule is Cc1oc(C2CCNC2)nc1C1CCCS1. The van der Waals surface area contributed by atoms with Gasteiger partial charge in [0.1, 0.15) is 5.76 Å². The fourth-order valence-corrected chi connectivity index (χ4v) is 3.89. The van der Waals surface area contributed by atoms with Crippen LogP contribution in [0.5, 0.6) is 0 Å². The van der Waals surface area contributed by atoms with Crippen LogP contribution in [0.15, 0.2) is 4.42 Å². The number of aromatic nitrogens is 1. The smallest absolute Gasteiger partial charge is 0.199 e. The molecular weight excluding hydrogens is 220 g/mol. The third-order valence-corrected chi connectivity index (χ3v) is 4.88. The van der Waals surface area contributed by atoms with E-state index in [9.17, 15) is 0 Å². The van der Waals surface area contributed by atoms with Crippen molar-refractivity contribution in [2.24, 2.45) is 0 Å². The number of oxazole rings is 1. The van der Waals surface area contributed by atoms with Gasteiger partial charge in [-0.2, -0.15) is 11.8 Å². The Kier molecular flexibility index (Phi) is 2.94. The van der Waals surface area contributed by atoms with Crippen molar-refractivity contribution in [1.82, 2.24) is 10.3 Å². The van der Waals surface area contributed by atoms with E-state index in [1.807, 2.05) is 11.8 Å². The van der Waals surface area contributed by atoms with Crippen molar-refractivity contribution in [2.45, 2.75) is 37.4 Å². The van der Waals surface area contributed by atoms with Gasteiger partial charge in [-0.15, -0.1) is 0 Å². The van der Waals surface area contributed by atoms with Crippen molar-refractivity contribution in [3.05, 3.63) is 17.3 Å². The predicted molar refractivity (Wildman–Crippen MR) is 65.9 cm³/mol. The summed E-state index contributed by atoms with van der Waals surface area (Å²) in [5, 5.41) is 3.95. The molecule has 2 fully saturated rings. The van der Waals surface area contributed by atoms with Crippen molar-refractivity contribution in [1.29, 1.82) is 0 Å². The molecule has 2 unspecified atom stereocenters. The largest absolute Gasteiger partial charge is 0.445 e. The standard InChI is InChI=1S/C12H18N2OS/c1-8-11(10-3-2-6-16-10)14-12(15-8)9-4-5-13-7-9/h9-10,13H,2-7H2,1H3. The summed E-state index contributed by atoms with van der Waals surface area (Å²) in [6.07, 6.45) is 3.75. The maximum Gasteiger partial charge on any atom is 0.199 e. The molecule has 88 valence electrons. The van der Waals surface area contributed by atoms with Gasteiger partial charge < -0.3 is 9.73 Å². The molecule has 1 aromatic rings. The van der Waals surface area contributed by atoms with E-state index < -0.39 is 0 Å². The molecule has 3 nitrogen and oxygen atoms in total. The first-order chi connectivity index (χ1) is 7.84. The molecule has 3 heterocycles. The Morgan fingerprint density at radius 3 is 3.06 bits per heavy atom. The lowest BCUT2D eigenvalue weighted by molar-refractivity contribution is 0.438. The molecule has 0 amide bonds. The summed E-state index contributed by atoms with van der Waals surface area (Å²) in [5.74, 6) is 3.78. The summed E-state index contributed by atoms with van der Waals surface area (Å²) in [6.45, 7) is 4.18. The van der Waals surface area contributed by atoms with Gasteiger partial charge >= 0.3 is 0 Å². The van der Waals surface area contributed by atoms with Crippen LogP contribution >= 0.6 is 11.8 Å². The number of nitrogens with zero attached hydrogens (tertiary/aromatic N) is 1. The normalized spacial score (nSPS) is 30.1. The summed E-state index contributed by atoms with van der Waals surface area (Å²) < 4.78 is 5.85. The molecule has 2 saturated heterocycles. The van der Waals surface area contributed by atoms with Gasteiger partial charge in [0, 0.05) is 12.5 Å². The zero-order chi connectivity index (χ0) is 11.0. The van der Waals surface area contributed by atoms with E-state index in [0.29, 0.717) is 11.2 Å². The van der Waals surface area contributed by atoms with Crippen molar-refractivity contribution < 1.29 is 4.42 Å². The second-order valence-electron chi connectivity index (χ2n) is 4.68. The molecule has 2 aliphatic heterocycles. The average molecular weight is 238 g/mol. The summed E-state index contributed by atoms with van der Waals surface area (Å²) in [4.78, 5) is 4.75. The van der Waals surface area contributed by atoms with Crippen LogP contribution < -0.4 is 5.32 Å². The number of aryl methyl sites for hydroxylation is 1. The van der Waals surface area contributed by atoms with Gasteiger partial charge in [-0.1, -0.05) is 0 Å². The minimum atomic E-state index is 0.499. The third-order valence-electron chi connectivity index (χ3n) is 3.49. The Morgan fingerprint density at radius 1 is 1.44 bits per heavy atom. The van der Waals surface area contributed by atoms with E-state index in [0.717, 1.165) is 31.2 Å². The molecule has 0 aromatic carbocycles. The van der Waals surface area contributed by atoms with E-state index in [2.05, 4.69) is 12.2 Å². The van der Waals surface area contributed by atoms with Crippen LogP contribution in [0.3, 0.4) is 0 Å². The highest BCUT2D eigenvalue weighted by Crippen LogP contribution is 2.41. The van der Waals surface area contributed by atoms with Gasteiger partial charge in [-0.05, 0) is 38.5 Å². The number of nitrogens with one attached hydrogen (secondary N) is 1. The van der Waals surface area contributed by atoms with E-state index in [1.165, 1.54) is 24.3 Å². The Morgan fingerprint density at radius 2 is 2.38 bits per heavy atom. The first kappa shape index (κ1) is 10.7. The second-order valence-corrected chi connectivity index (χ2v) is 6.00. The van der Waals surface area contributed by atoms with Crippen molar-refractivity contribution in [3.8, 4) is 0 Å². The zero-order valence-electron chi connectivity index (χ0n) is 9.66. The minimum absolute atomic E-state index is 0.499. The molecule has 16 heavy (non-hydrogen) atoms. The highest BCUT2D eigenvalue weighted by Gasteiger charge is 2.27. The van der Waals surface area contributed by atoms with Crippen molar-refractivity contribution in [3.63, 3.8) is 0 Å². The second kappa shape index (κ2) is 4.41. The summed E-state index contributed by atoms with van der Waals surface area (Å²) in [6, 6.07) is 0. The van der Waals surface area contributed by atoms with Gasteiger partial charge in [-0.25, -0.2) is 4.98 Å². The van der Waals surface area contributed by atoms with Crippen LogP contribution in [-0.4, -0.2) is 23.8 Å². The highest BCUT2D eigenvalue weighted by molar-refractivity contribution is 7.99. The Labute approximate surface area is 100 Å². The van der Waals surface area contributed by atoms with Crippen molar-refractivity contribution >= 4 is 11.8 Å². The lowest BCUT2D eigenvalue weighted by Crippen LogP contribution is -2.08. The van der Waals surface area contributed by atoms with Crippen LogP contribution in [0, 0.1) is 6.92 Å². The Balaban J connectivity index is 1.83. The van der Waals surface area contributed by atoms with E-state index in [-0.39, 0.29) is 0 Å². The predicted octanol–water partition coefficient (Wildman–Crippen LogP) is 2.63. The summed E-state index contributed by atoms with van der Waals surface area (Å²) in [7, 11) is 0. The maximum atomic E-state index is 5.85. The maximum absolute atomic E-state index is 5.85. The van der Waals surface area contributed by atoms with Crippen LogP contribution in [-0.2, 0) is 0 Å². The lowest BCUT2D eigenvalue weighted by atomic mass is 10.1. The van der Waals surface area contributed by atoms with E-state index in [4.69, 9.17) is 9.40 Å². The molecule has 0 spiro atoms. The van der Waals surface area contributed by atoms with Crippen LogP contribution in [0.4, 0.5) is 0 Å². The van der Waals surface area contributed by atoms with Gasteiger partial charge in [0.05, 0.1) is 10.9 Å². The first-order valence-electron chi connectivity index (χ1n) is 6.14. The minimum Gasteiger partial charge on any atom is -0.445 e. The summed E-state index contributed by atoms with van der Waals surface area (Å²) >= 11 is 2.03. The number of thioether (sulfide) groups is 1. The fourth-order valence-electron chi connectivity index (χ4n) is 2.56. The Bertz CT molecular complexity index is 365. The van der Waals surface area contributed by atoms with Crippen LogP contribution in [0.2, 0.25) is 0 Å². The number of hydrogen-bond acceptors (Lipinski definition) is 4. The van der Waals surface area contributed by atoms with E-state index in [1.54, 1.807) is 0 Å². The van der Waals surface area contributed by atoms with Gasteiger partial charge in [0.2, 0.25) is 0 Å². The monoisotopic (exact) mass is 238 g/mol. The molecule has 1 N–H and O–H groups in total. The summed E-state index contributed by atoms with van der Waals surface area (Å²) in [5.41, 5.74) is 1.21. The first-order valence-corrected chi connectivity index (χ1v) is 7.19. The van der Waals surface area contributed by atoms with Crippen LogP contribution in [0.1, 0.15) is 47.8 Å². The zero-order valence-corrected chi connectivity index (χ0v) is 10.5. The van der Waals surface area contributed by atoms with E-state index >= 15 is 0 Å². The molecule has 0 bridgehead atoms. The molecule has 0 saturated carbocycles. The molecular formula is C12H18N2OS. The van der Waals surface area contributed by atoms with Gasteiger partial charge in [0.25, 0.3) is 0 Å². The van der Waals surface area contributed by atoms with Crippen molar-refractivity contribution in [2.75, 3.05) is 18.8 Å². The highest BCUT2D eigenvalue weighted by atomic mass is 32.2. The molecule has 4 heteroatoms. The molecule has 0 radical (unpaired) electrons. The number of hydrogen-bond donors (Lipinski definition) is 1.